The first-order chi connectivity index (χ1) is 13.0. The molecule has 0 bridgehead atoms. The number of carbonyl (C=O) groups excluding carboxylic acids is 2. The van der Waals surface area contributed by atoms with Gasteiger partial charge < -0.3 is 10.6 Å². The third-order valence-corrected chi connectivity index (χ3v) is 5.74. The number of likely N-dealkylation sites (tertiary alicyclic amines) is 1. The van der Waals surface area contributed by atoms with Gasteiger partial charge >= 0.3 is 0 Å². The molecule has 2 amide bonds. The molecule has 1 aromatic carbocycles. The van der Waals surface area contributed by atoms with Gasteiger partial charge in [0.15, 0.2) is 10.8 Å². The molecule has 0 spiro atoms. The van der Waals surface area contributed by atoms with E-state index in [2.05, 4.69) is 15.1 Å². The molecule has 0 saturated carbocycles. The van der Waals surface area contributed by atoms with Crippen molar-refractivity contribution in [2.75, 3.05) is 18.8 Å². The molecule has 4 rings (SSSR count). The van der Waals surface area contributed by atoms with Crippen LogP contribution >= 0.6 is 11.8 Å². The van der Waals surface area contributed by atoms with Crippen molar-refractivity contribution < 1.29 is 9.59 Å². The molecule has 1 saturated heterocycles. The molecule has 3 aromatic rings. The van der Waals surface area contributed by atoms with Crippen LogP contribution in [-0.2, 0) is 9.59 Å². The third kappa shape index (κ3) is 3.46. The van der Waals surface area contributed by atoms with E-state index in [9.17, 15) is 9.59 Å². The van der Waals surface area contributed by atoms with Gasteiger partial charge in [-0.3, -0.25) is 9.59 Å². The molecule has 9 heteroatoms. The van der Waals surface area contributed by atoms with Crippen LogP contribution in [0.25, 0.3) is 16.6 Å². The number of para-hydroxylation sites is 1. The molecule has 0 radical (unpaired) electrons. The molecule has 0 atom stereocenters. The Morgan fingerprint density at radius 3 is 2.70 bits per heavy atom. The molecule has 2 N–H and O–H groups in total. The summed E-state index contributed by atoms with van der Waals surface area (Å²) in [5.41, 5.74) is 6.93. The van der Waals surface area contributed by atoms with E-state index in [4.69, 9.17) is 5.73 Å². The normalized spacial score (nSPS) is 15.5. The van der Waals surface area contributed by atoms with Crippen LogP contribution in [0.3, 0.4) is 0 Å². The van der Waals surface area contributed by atoms with Gasteiger partial charge in [-0.1, -0.05) is 23.9 Å². The largest absolute Gasteiger partial charge is 0.369 e. The van der Waals surface area contributed by atoms with Gasteiger partial charge in [0.1, 0.15) is 5.82 Å². The van der Waals surface area contributed by atoms with Crippen molar-refractivity contribution in [3.05, 3.63) is 30.1 Å². The second kappa shape index (κ2) is 7.15. The van der Waals surface area contributed by atoms with Crippen molar-refractivity contribution in [1.82, 2.24) is 24.5 Å². The summed E-state index contributed by atoms with van der Waals surface area (Å²) in [7, 11) is 0. The molecule has 140 valence electrons. The number of piperidine rings is 1. The van der Waals surface area contributed by atoms with Gasteiger partial charge in [-0.15, -0.1) is 5.10 Å². The number of nitrogens with two attached hydrogens (primary N) is 1. The lowest BCUT2D eigenvalue weighted by atomic mass is 9.96. The minimum Gasteiger partial charge on any atom is -0.369 e. The van der Waals surface area contributed by atoms with Gasteiger partial charge in [-0.2, -0.15) is 4.52 Å². The van der Waals surface area contributed by atoms with E-state index in [1.807, 2.05) is 31.2 Å². The Kier molecular flexibility index (Phi) is 4.69. The monoisotopic (exact) mass is 384 g/mol. The molecule has 2 aromatic heterocycles. The molecule has 0 unspecified atom stereocenters. The zero-order chi connectivity index (χ0) is 19.0. The van der Waals surface area contributed by atoms with Gasteiger partial charge in [0, 0.05) is 24.4 Å². The van der Waals surface area contributed by atoms with Crippen molar-refractivity contribution in [2.24, 2.45) is 11.7 Å². The number of nitrogens with zero attached hydrogens (tertiary/aromatic N) is 5. The maximum Gasteiger partial charge on any atom is 0.233 e. The number of thioether (sulfide) groups is 1. The van der Waals surface area contributed by atoms with E-state index in [0.29, 0.717) is 36.9 Å². The summed E-state index contributed by atoms with van der Waals surface area (Å²) in [4.78, 5) is 34.8. The van der Waals surface area contributed by atoms with Gasteiger partial charge in [0.05, 0.1) is 11.3 Å². The van der Waals surface area contributed by atoms with Crippen molar-refractivity contribution in [2.45, 2.75) is 24.9 Å². The highest BCUT2D eigenvalue weighted by molar-refractivity contribution is 7.99. The van der Waals surface area contributed by atoms with Crippen molar-refractivity contribution in [3.63, 3.8) is 0 Å². The quantitative estimate of drug-likeness (QED) is 0.538. The fourth-order valence-corrected chi connectivity index (χ4v) is 4.21. The SMILES string of the molecule is Cc1nc2c3ccccc3nc(SCC(=O)N3CCC(C(N)=O)CC3)n2n1. The van der Waals surface area contributed by atoms with Crippen LogP contribution in [0.1, 0.15) is 18.7 Å². The highest BCUT2D eigenvalue weighted by Crippen LogP contribution is 2.25. The lowest BCUT2D eigenvalue weighted by Crippen LogP contribution is -2.42. The summed E-state index contributed by atoms with van der Waals surface area (Å²) in [5, 5.41) is 6.00. The average Bonchev–Trinajstić information content (AvgIpc) is 3.07. The zero-order valence-electron chi connectivity index (χ0n) is 15.0. The number of fused-ring (bicyclic) bond motifs is 3. The van der Waals surface area contributed by atoms with Crippen LogP contribution < -0.4 is 5.73 Å². The number of amides is 2. The van der Waals surface area contributed by atoms with E-state index in [-0.39, 0.29) is 23.5 Å². The molecule has 8 nitrogen and oxygen atoms in total. The Morgan fingerprint density at radius 2 is 1.96 bits per heavy atom. The number of primary amides is 1. The lowest BCUT2D eigenvalue weighted by Gasteiger charge is -2.30. The van der Waals surface area contributed by atoms with E-state index >= 15 is 0 Å². The topological polar surface area (TPSA) is 106 Å². The third-order valence-electron chi connectivity index (χ3n) is 4.83. The fraction of sp³-hybridized carbons (Fsp3) is 0.389. The molecule has 3 heterocycles. The average molecular weight is 384 g/mol. The van der Waals surface area contributed by atoms with E-state index in [0.717, 1.165) is 16.6 Å². The minimum atomic E-state index is -0.277. The van der Waals surface area contributed by atoms with E-state index < -0.39 is 0 Å². The summed E-state index contributed by atoms with van der Waals surface area (Å²) in [5.74, 6) is 0.556. The number of hydrogen-bond acceptors (Lipinski definition) is 6. The first kappa shape index (κ1) is 17.7. The maximum absolute atomic E-state index is 12.6. The molecule has 1 aliphatic rings. The number of benzene rings is 1. The Morgan fingerprint density at radius 1 is 1.22 bits per heavy atom. The molecule has 0 aliphatic carbocycles. The molecule has 27 heavy (non-hydrogen) atoms. The number of carbonyl (C=O) groups is 2. The van der Waals surface area contributed by atoms with Crippen molar-refractivity contribution >= 4 is 40.1 Å². The maximum atomic E-state index is 12.6. The summed E-state index contributed by atoms with van der Waals surface area (Å²) in [6, 6.07) is 7.77. The van der Waals surface area contributed by atoms with Crippen molar-refractivity contribution in [1.29, 1.82) is 0 Å². The lowest BCUT2D eigenvalue weighted by molar-refractivity contribution is -0.132. The number of rotatable bonds is 4. The van der Waals surface area contributed by atoms with Gasteiger partial charge in [-0.05, 0) is 31.9 Å². The first-order valence-corrected chi connectivity index (χ1v) is 9.83. The van der Waals surface area contributed by atoms with Crippen LogP contribution in [0, 0.1) is 12.8 Å². The Bertz CT molecular complexity index is 1030. The summed E-state index contributed by atoms with van der Waals surface area (Å²) < 4.78 is 1.70. The Hall–Kier alpha value is -2.68. The van der Waals surface area contributed by atoms with Gasteiger partial charge in [0.2, 0.25) is 11.8 Å². The zero-order valence-corrected chi connectivity index (χ0v) is 15.8. The Labute approximate surface area is 160 Å². The summed E-state index contributed by atoms with van der Waals surface area (Å²) in [6.07, 6.45) is 1.26. The molecule has 1 aliphatic heterocycles. The van der Waals surface area contributed by atoms with Gasteiger partial charge in [0.25, 0.3) is 0 Å². The first-order valence-electron chi connectivity index (χ1n) is 8.85. The summed E-state index contributed by atoms with van der Waals surface area (Å²) >= 11 is 1.35. The molecule has 1 fully saturated rings. The standard InChI is InChI=1S/C18H20N6O2S/c1-11-20-17-13-4-2-3-5-14(13)21-18(24(17)22-11)27-10-15(25)23-8-6-12(7-9-23)16(19)26/h2-5,12H,6-10H2,1H3,(H2,19,26). The van der Waals surface area contributed by atoms with Crippen LogP contribution in [0.2, 0.25) is 0 Å². The highest BCUT2D eigenvalue weighted by Gasteiger charge is 2.26. The summed E-state index contributed by atoms with van der Waals surface area (Å²) in [6.45, 7) is 2.97. The Balaban J connectivity index is 1.52. The van der Waals surface area contributed by atoms with Crippen LogP contribution in [0.5, 0.6) is 0 Å². The second-order valence-corrected chi connectivity index (χ2v) is 7.59. The number of aryl methyl sites for hydroxylation is 1. The van der Waals surface area contributed by atoms with E-state index in [1.165, 1.54) is 11.8 Å². The van der Waals surface area contributed by atoms with Crippen LogP contribution in [0.15, 0.2) is 29.4 Å². The minimum absolute atomic E-state index is 0.0304. The smallest absolute Gasteiger partial charge is 0.233 e. The second-order valence-electron chi connectivity index (χ2n) is 6.65. The van der Waals surface area contributed by atoms with Crippen LogP contribution in [-0.4, -0.2) is 55.1 Å². The van der Waals surface area contributed by atoms with E-state index in [1.54, 1.807) is 9.42 Å². The highest BCUT2D eigenvalue weighted by atomic mass is 32.2. The predicted molar refractivity (Wildman–Crippen MR) is 102 cm³/mol. The van der Waals surface area contributed by atoms with Crippen LogP contribution in [0.4, 0.5) is 0 Å². The fourth-order valence-electron chi connectivity index (χ4n) is 3.36. The number of hydrogen-bond donors (Lipinski definition) is 1. The van der Waals surface area contributed by atoms with Gasteiger partial charge in [-0.25, -0.2) is 9.97 Å². The predicted octanol–water partition coefficient (Wildman–Crippen LogP) is 1.40. The number of aromatic nitrogens is 4. The molecular formula is C18H20N6O2S. The molecular weight excluding hydrogens is 364 g/mol. The van der Waals surface area contributed by atoms with Crippen molar-refractivity contribution in [3.8, 4) is 0 Å².